The number of anilines is 1. The zero-order valence-electron chi connectivity index (χ0n) is 10.4. The third-order valence-corrected chi connectivity index (χ3v) is 2.61. The van der Waals surface area contributed by atoms with E-state index in [4.69, 9.17) is 4.42 Å². The van der Waals surface area contributed by atoms with Crippen molar-refractivity contribution in [1.82, 2.24) is 9.97 Å². The molecular weight excluding hydrogens is 214 g/mol. The second kappa shape index (κ2) is 4.99. The smallest absolute Gasteiger partial charge is 0.198 e. The van der Waals surface area contributed by atoms with Gasteiger partial charge in [0.15, 0.2) is 11.6 Å². The Bertz CT molecular complexity index is 505. The highest BCUT2D eigenvalue weighted by Gasteiger charge is 2.11. The topological polar surface area (TPSA) is 51.0 Å². The molecule has 90 valence electrons. The van der Waals surface area contributed by atoms with Crippen molar-refractivity contribution in [3.63, 3.8) is 0 Å². The van der Waals surface area contributed by atoms with E-state index >= 15 is 0 Å². The van der Waals surface area contributed by atoms with Gasteiger partial charge in [-0.05, 0) is 25.0 Å². The Labute approximate surface area is 101 Å². The number of hydrogen-bond acceptors (Lipinski definition) is 4. The molecule has 0 aliphatic heterocycles. The highest BCUT2D eigenvalue weighted by Crippen LogP contribution is 2.22. The van der Waals surface area contributed by atoms with E-state index in [1.165, 1.54) is 0 Å². The molecule has 0 atom stereocenters. The third kappa shape index (κ3) is 2.46. The van der Waals surface area contributed by atoms with Crippen molar-refractivity contribution in [1.29, 1.82) is 0 Å². The first-order chi connectivity index (χ1) is 8.24. The summed E-state index contributed by atoms with van der Waals surface area (Å²) < 4.78 is 5.43. The highest BCUT2D eigenvalue weighted by molar-refractivity contribution is 5.55. The zero-order chi connectivity index (χ0) is 12.3. The average Bonchev–Trinajstić information content (AvgIpc) is 2.75. The van der Waals surface area contributed by atoms with E-state index in [1.54, 1.807) is 6.26 Å². The molecule has 0 radical (unpaired) electrons. The molecule has 0 aromatic carbocycles. The zero-order valence-corrected chi connectivity index (χ0v) is 10.4. The molecule has 0 aliphatic carbocycles. The summed E-state index contributed by atoms with van der Waals surface area (Å²) in [6.07, 6.45) is 3.68. The van der Waals surface area contributed by atoms with Crippen molar-refractivity contribution in [3.05, 3.63) is 29.7 Å². The van der Waals surface area contributed by atoms with Gasteiger partial charge in [0.25, 0.3) is 0 Å². The van der Waals surface area contributed by atoms with Crippen LogP contribution < -0.4 is 5.32 Å². The number of rotatable bonds is 4. The van der Waals surface area contributed by atoms with E-state index in [1.807, 2.05) is 26.1 Å². The molecule has 0 fully saturated rings. The molecule has 2 heterocycles. The SMILES string of the molecule is CCCc1cc(NC)nc(-c2occc2C)n1. The van der Waals surface area contributed by atoms with E-state index in [9.17, 15) is 0 Å². The Morgan fingerprint density at radius 3 is 2.76 bits per heavy atom. The summed E-state index contributed by atoms with van der Waals surface area (Å²) in [5.74, 6) is 2.23. The van der Waals surface area contributed by atoms with Gasteiger partial charge in [0, 0.05) is 18.8 Å². The van der Waals surface area contributed by atoms with Gasteiger partial charge in [-0.15, -0.1) is 0 Å². The minimum absolute atomic E-state index is 0.655. The second-order valence-electron chi connectivity index (χ2n) is 4.00. The number of nitrogens with one attached hydrogen (secondary N) is 1. The van der Waals surface area contributed by atoms with Crippen molar-refractivity contribution in [2.75, 3.05) is 12.4 Å². The van der Waals surface area contributed by atoms with Crippen LogP contribution in [0.2, 0.25) is 0 Å². The van der Waals surface area contributed by atoms with Crippen molar-refractivity contribution >= 4 is 5.82 Å². The molecule has 0 saturated heterocycles. The maximum Gasteiger partial charge on any atom is 0.198 e. The number of aryl methyl sites for hydroxylation is 2. The third-order valence-electron chi connectivity index (χ3n) is 2.61. The quantitative estimate of drug-likeness (QED) is 0.878. The predicted octanol–water partition coefficient (Wildman–Crippen LogP) is 3.04. The van der Waals surface area contributed by atoms with Gasteiger partial charge in [0.2, 0.25) is 0 Å². The van der Waals surface area contributed by atoms with Gasteiger partial charge in [0.05, 0.1) is 6.26 Å². The van der Waals surface area contributed by atoms with Crippen molar-refractivity contribution in [2.45, 2.75) is 26.7 Å². The monoisotopic (exact) mass is 231 g/mol. The van der Waals surface area contributed by atoms with E-state index in [0.29, 0.717) is 5.82 Å². The van der Waals surface area contributed by atoms with Crippen LogP contribution >= 0.6 is 0 Å². The lowest BCUT2D eigenvalue weighted by atomic mass is 10.2. The highest BCUT2D eigenvalue weighted by atomic mass is 16.3. The van der Waals surface area contributed by atoms with Gasteiger partial charge in [-0.25, -0.2) is 9.97 Å². The van der Waals surface area contributed by atoms with Crippen LogP contribution in [0.5, 0.6) is 0 Å². The molecule has 2 aromatic rings. The summed E-state index contributed by atoms with van der Waals surface area (Å²) in [6.45, 7) is 4.13. The summed E-state index contributed by atoms with van der Waals surface area (Å²) in [4.78, 5) is 8.95. The minimum atomic E-state index is 0.655. The fourth-order valence-corrected chi connectivity index (χ4v) is 1.71. The molecule has 0 amide bonds. The molecule has 0 bridgehead atoms. The van der Waals surface area contributed by atoms with Crippen LogP contribution in [0, 0.1) is 6.92 Å². The Morgan fingerprint density at radius 1 is 1.35 bits per heavy atom. The van der Waals surface area contributed by atoms with Crippen molar-refractivity contribution in [2.24, 2.45) is 0 Å². The normalized spacial score (nSPS) is 10.5. The first kappa shape index (κ1) is 11.6. The molecule has 4 heteroatoms. The summed E-state index contributed by atoms with van der Waals surface area (Å²) >= 11 is 0. The van der Waals surface area contributed by atoms with E-state index in [0.717, 1.165) is 35.7 Å². The molecule has 2 rings (SSSR count). The fraction of sp³-hybridized carbons (Fsp3) is 0.385. The van der Waals surface area contributed by atoms with Gasteiger partial charge < -0.3 is 9.73 Å². The molecule has 17 heavy (non-hydrogen) atoms. The van der Waals surface area contributed by atoms with Crippen LogP contribution in [0.1, 0.15) is 24.6 Å². The molecule has 4 nitrogen and oxygen atoms in total. The Kier molecular flexibility index (Phi) is 3.42. The summed E-state index contributed by atoms with van der Waals surface area (Å²) in [5, 5.41) is 3.05. The van der Waals surface area contributed by atoms with Crippen LogP contribution in [0.25, 0.3) is 11.6 Å². The van der Waals surface area contributed by atoms with Crippen LogP contribution in [-0.2, 0) is 6.42 Å². The van der Waals surface area contributed by atoms with Crippen LogP contribution in [0.3, 0.4) is 0 Å². The Hall–Kier alpha value is -1.84. The van der Waals surface area contributed by atoms with E-state index in [2.05, 4.69) is 22.2 Å². The molecule has 0 spiro atoms. The van der Waals surface area contributed by atoms with Crippen LogP contribution in [0.15, 0.2) is 22.8 Å². The minimum Gasteiger partial charge on any atom is -0.461 e. The van der Waals surface area contributed by atoms with Gasteiger partial charge in [0.1, 0.15) is 5.82 Å². The maximum atomic E-state index is 5.43. The lowest BCUT2D eigenvalue weighted by Gasteiger charge is -2.06. The molecule has 1 N–H and O–H groups in total. The molecular formula is C13H17N3O. The standard InChI is InChI=1S/C13H17N3O/c1-4-5-10-8-11(14-3)16-13(15-10)12-9(2)6-7-17-12/h6-8H,4-5H2,1-3H3,(H,14,15,16). The lowest BCUT2D eigenvalue weighted by molar-refractivity contribution is 0.575. The number of hydrogen-bond donors (Lipinski definition) is 1. The summed E-state index contributed by atoms with van der Waals surface area (Å²) in [5.41, 5.74) is 2.10. The molecule has 0 aliphatic rings. The van der Waals surface area contributed by atoms with Crippen LogP contribution in [0.4, 0.5) is 5.82 Å². The lowest BCUT2D eigenvalue weighted by Crippen LogP contribution is -2.01. The fourth-order valence-electron chi connectivity index (χ4n) is 1.71. The Morgan fingerprint density at radius 2 is 2.18 bits per heavy atom. The maximum absolute atomic E-state index is 5.43. The summed E-state index contributed by atoms with van der Waals surface area (Å²) in [7, 11) is 1.86. The largest absolute Gasteiger partial charge is 0.461 e. The number of aromatic nitrogens is 2. The van der Waals surface area contributed by atoms with Crippen LogP contribution in [-0.4, -0.2) is 17.0 Å². The van der Waals surface area contributed by atoms with Crippen molar-refractivity contribution < 1.29 is 4.42 Å². The summed E-state index contributed by atoms with van der Waals surface area (Å²) in [6, 6.07) is 3.90. The van der Waals surface area contributed by atoms with Gasteiger partial charge in [-0.2, -0.15) is 0 Å². The van der Waals surface area contributed by atoms with Crippen molar-refractivity contribution in [3.8, 4) is 11.6 Å². The molecule has 0 saturated carbocycles. The molecule has 0 unspecified atom stereocenters. The van der Waals surface area contributed by atoms with Gasteiger partial charge in [-0.1, -0.05) is 13.3 Å². The first-order valence-corrected chi connectivity index (χ1v) is 5.84. The number of nitrogens with zero attached hydrogens (tertiary/aromatic N) is 2. The van der Waals surface area contributed by atoms with Gasteiger partial charge in [-0.3, -0.25) is 0 Å². The molecule has 2 aromatic heterocycles. The van der Waals surface area contributed by atoms with E-state index < -0.39 is 0 Å². The Balaban J connectivity index is 2.46. The predicted molar refractivity (Wildman–Crippen MR) is 68.0 cm³/mol. The first-order valence-electron chi connectivity index (χ1n) is 5.84. The average molecular weight is 231 g/mol. The second-order valence-corrected chi connectivity index (χ2v) is 4.00. The van der Waals surface area contributed by atoms with Gasteiger partial charge >= 0.3 is 0 Å². The van der Waals surface area contributed by atoms with E-state index in [-0.39, 0.29) is 0 Å². The number of furan rings is 1.